The molecule has 3 nitrogen and oxygen atoms in total. The Morgan fingerprint density at radius 2 is 0.705 bits per heavy atom. The van der Waals surface area contributed by atoms with Crippen LogP contribution in [0.4, 0.5) is 0 Å². The molecule has 0 fully saturated rings. The minimum absolute atomic E-state index is 0.861. The summed E-state index contributed by atoms with van der Waals surface area (Å²) in [6.45, 7) is 0. The van der Waals surface area contributed by atoms with Gasteiger partial charge in [0.1, 0.15) is 0 Å². The third kappa shape index (κ3) is 5.98. The van der Waals surface area contributed by atoms with E-state index in [2.05, 4.69) is 223 Å². The van der Waals surface area contributed by atoms with Gasteiger partial charge >= 0.3 is 0 Å². The molecule has 284 valence electrons. The molecule has 0 amide bonds. The summed E-state index contributed by atoms with van der Waals surface area (Å²) in [5, 5.41) is 7.15. The van der Waals surface area contributed by atoms with Gasteiger partial charge in [-0.15, -0.1) is 0 Å². The van der Waals surface area contributed by atoms with E-state index in [1.165, 1.54) is 66.0 Å². The van der Waals surface area contributed by atoms with Crippen molar-refractivity contribution in [2.45, 2.75) is 0 Å². The summed E-state index contributed by atoms with van der Waals surface area (Å²) in [7, 11) is 0. The zero-order valence-corrected chi connectivity index (χ0v) is 33.2. The molecule has 2 aromatic heterocycles. The summed E-state index contributed by atoms with van der Waals surface area (Å²) in [4.78, 5) is 10.3. The van der Waals surface area contributed by atoms with Crippen molar-refractivity contribution < 1.29 is 0 Å². The highest BCUT2D eigenvalue weighted by Crippen LogP contribution is 2.38. The summed E-state index contributed by atoms with van der Waals surface area (Å²) >= 11 is 0. The molecule has 0 aliphatic carbocycles. The molecule has 0 unspecified atom stereocenters. The van der Waals surface area contributed by atoms with Gasteiger partial charge < -0.3 is 4.57 Å². The third-order valence-electron chi connectivity index (χ3n) is 12.2. The lowest BCUT2D eigenvalue weighted by Gasteiger charge is -2.12. The first-order valence-corrected chi connectivity index (χ1v) is 20.8. The van der Waals surface area contributed by atoms with E-state index in [0.29, 0.717) is 0 Å². The Hall–Kier alpha value is -8.14. The Bertz CT molecular complexity index is 3620. The van der Waals surface area contributed by atoms with Crippen LogP contribution in [0.2, 0.25) is 0 Å². The van der Waals surface area contributed by atoms with Crippen molar-refractivity contribution in [2.75, 3.05) is 0 Å². The molecule has 0 spiro atoms. The van der Waals surface area contributed by atoms with Gasteiger partial charge in [0.15, 0.2) is 0 Å². The van der Waals surface area contributed by atoms with E-state index in [-0.39, 0.29) is 0 Å². The largest absolute Gasteiger partial charge is 0.309 e. The lowest BCUT2D eigenvalue weighted by atomic mass is 9.94. The van der Waals surface area contributed by atoms with Crippen LogP contribution in [-0.2, 0) is 0 Å². The smallest absolute Gasteiger partial charge is 0.0979 e. The lowest BCUT2D eigenvalue weighted by Crippen LogP contribution is -1.93. The standard InChI is InChI=1S/C58H37N3/c1-2-22-47(23-3-1)61-55-29-9-8-26-50(55)51-31-30-45(36-56(51)61)43-19-12-17-41(34-43)39-15-10-14-38(32-39)40-16-11-18-42(33-40)44-20-13-21-46(35-44)54-37-59-57-52-27-6-4-24-48(52)49-25-5-7-28-53(49)58(57)60-54/h1-37H. The van der Waals surface area contributed by atoms with Crippen LogP contribution in [0.3, 0.4) is 0 Å². The Balaban J connectivity index is 0.876. The van der Waals surface area contributed by atoms with E-state index < -0.39 is 0 Å². The van der Waals surface area contributed by atoms with Crippen molar-refractivity contribution in [3.63, 3.8) is 0 Å². The van der Waals surface area contributed by atoms with Crippen LogP contribution in [0.15, 0.2) is 225 Å². The van der Waals surface area contributed by atoms with Gasteiger partial charge in [-0.2, -0.15) is 0 Å². The predicted octanol–water partition coefficient (Wildman–Crippen LogP) is 15.4. The van der Waals surface area contributed by atoms with Crippen LogP contribution in [0, 0.1) is 0 Å². The molecule has 12 aromatic rings. The number of rotatable bonds is 6. The third-order valence-corrected chi connectivity index (χ3v) is 12.2. The van der Waals surface area contributed by atoms with Gasteiger partial charge in [-0.1, -0.05) is 170 Å². The topological polar surface area (TPSA) is 30.7 Å². The van der Waals surface area contributed by atoms with Crippen molar-refractivity contribution in [1.82, 2.24) is 14.5 Å². The van der Waals surface area contributed by atoms with E-state index in [9.17, 15) is 0 Å². The minimum atomic E-state index is 0.861. The second kappa shape index (κ2) is 14.3. The first-order valence-electron chi connectivity index (χ1n) is 20.8. The molecule has 2 heterocycles. The normalized spacial score (nSPS) is 11.6. The summed E-state index contributed by atoms with van der Waals surface area (Å²) in [5.74, 6) is 0. The molecule has 61 heavy (non-hydrogen) atoms. The van der Waals surface area contributed by atoms with Gasteiger partial charge in [0.25, 0.3) is 0 Å². The first kappa shape index (κ1) is 34.9. The van der Waals surface area contributed by atoms with Crippen molar-refractivity contribution in [1.29, 1.82) is 0 Å². The highest BCUT2D eigenvalue weighted by atomic mass is 15.0. The van der Waals surface area contributed by atoms with Gasteiger partial charge in [0.05, 0.1) is 34.0 Å². The maximum atomic E-state index is 5.26. The quantitative estimate of drug-likeness (QED) is 0.158. The predicted molar refractivity (Wildman–Crippen MR) is 256 cm³/mol. The molecule has 0 N–H and O–H groups in total. The molecular formula is C58H37N3. The number of nitrogens with zero attached hydrogens (tertiary/aromatic N) is 3. The van der Waals surface area contributed by atoms with Gasteiger partial charge in [-0.25, -0.2) is 4.98 Å². The molecule has 0 aliphatic heterocycles. The van der Waals surface area contributed by atoms with Crippen LogP contribution in [0.5, 0.6) is 0 Å². The maximum absolute atomic E-state index is 5.26. The average molecular weight is 776 g/mol. The molecule has 10 aromatic carbocycles. The fourth-order valence-electron chi connectivity index (χ4n) is 9.26. The van der Waals surface area contributed by atoms with Crippen molar-refractivity contribution in [3.05, 3.63) is 225 Å². The number of hydrogen-bond acceptors (Lipinski definition) is 2. The molecule has 0 radical (unpaired) electrons. The van der Waals surface area contributed by atoms with E-state index in [4.69, 9.17) is 9.97 Å². The number of benzene rings is 10. The van der Waals surface area contributed by atoms with Gasteiger partial charge in [0.2, 0.25) is 0 Å². The van der Waals surface area contributed by atoms with E-state index >= 15 is 0 Å². The minimum Gasteiger partial charge on any atom is -0.309 e. The molecule has 0 saturated carbocycles. The Morgan fingerprint density at radius 3 is 1.28 bits per heavy atom. The van der Waals surface area contributed by atoms with Crippen LogP contribution in [-0.4, -0.2) is 14.5 Å². The van der Waals surface area contributed by atoms with E-state index in [0.717, 1.165) is 49.9 Å². The lowest BCUT2D eigenvalue weighted by molar-refractivity contribution is 1.18. The van der Waals surface area contributed by atoms with Gasteiger partial charge in [0, 0.05) is 32.8 Å². The summed E-state index contributed by atoms with van der Waals surface area (Å²) in [6.07, 6.45) is 1.92. The van der Waals surface area contributed by atoms with Crippen molar-refractivity contribution in [2.24, 2.45) is 0 Å². The average Bonchev–Trinajstić information content (AvgIpc) is 3.68. The van der Waals surface area contributed by atoms with Crippen molar-refractivity contribution in [3.8, 4) is 61.5 Å². The van der Waals surface area contributed by atoms with Crippen LogP contribution >= 0.6 is 0 Å². The number of hydrogen-bond donors (Lipinski definition) is 0. The zero-order valence-electron chi connectivity index (χ0n) is 33.2. The Kier molecular flexibility index (Phi) is 8.17. The van der Waals surface area contributed by atoms with Crippen LogP contribution in [0.25, 0.3) is 116 Å². The zero-order chi connectivity index (χ0) is 40.3. The second-order valence-corrected chi connectivity index (χ2v) is 15.8. The molecule has 0 atom stereocenters. The molecular weight excluding hydrogens is 739 g/mol. The maximum Gasteiger partial charge on any atom is 0.0979 e. The van der Waals surface area contributed by atoms with Crippen LogP contribution < -0.4 is 0 Å². The molecule has 3 heteroatoms. The van der Waals surface area contributed by atoms with E-state index in [1.807, 2.05) is 6.20 Å². The number of fused-ring (bicyclic) bond motifs is 9. The van der Waals surface area contributed by atoms with Crippen molar-refractivity contribution >= 4 is 54.4 Å². The Morgan fingerprint density at radius 1 is 0.279 bits per heavy atom. The summed E-state index contributed by atoms with van der Waals surface area (Å²) in [5.41, 5.74) is 16.7. The fraction of sp³-hybridized carbons (Fsp3) is 0. The monoisotopic (exact) mass is 775 g/mol. The number of aromatic nitrogens is 3. The highest BCUT2D eigenvalue weighted by Gasteiger charge is 2.15. The summed E-state index contributed by atoms with van der Waals surface area (Å²) in [6, 6.07) is 78.5. The molecule has 12 rings (SSSR count). The fourth-order valence-corrected chi connectivity index (χ4v) is 9.26. The van der Waals surface area contributed by atoms with Gasteiger partial charge in [-0.05, 0) is 104 Å². The molecule has 0 bridgehead atoms. The van der Waals surface area contributed by atoms with Crippen LogP contribution in [0.1, 0.15) is 0 Å². The molecule has 0 saturated heterocycles. The summed E-state index contributed by atoms with van der Waals surface area (Å²) < 4.78 is 2.38. The molecule has 0 aliphatic rings. The Labute approximate surface area is 353 Å². The van der Waals surface area contributed by atoms with E-state index in [1.54, 1.807) is 0 Å². The number of para-hydroxylation sites is 2. The highest BCUT2D eigenvalue weighted by molar-refractivity contribution is 6.23. The second-order valence-electron chi connectivity index (χ2n) is 15.8. The first-order chi connectivity index (χ1) is 30.2. The SMILES string of the molecule is c1ccc(-n2c3ccccc3c3ccc(-c4cccc(-c5cccc(-c6cccc(-c7cccc(-c8cnc9c%10ccccc%10c%10ccccc%10c9n8)c7)c6)c5)c4)cc32)cc1. The van der Waals surface area contributed by atoms with Gasteiger partial charge in [-0.3, -0.25) is 4.98 Å².